The number of methoxy groups -OCH3 is 1. The van der Waals surface area contributed by atoms with Gasteiger partial charge in [0.25, 0.3) is 0 Å². The lowest BCUT2D eigenvalue weighted by Gasteiger charge is -2.07. The molecule has 0 fully saturated rings. The Morgan fingerprint density at radius 2 is 2.00 bits per heavy atom. The van der Waals surface area contributed by atoms with Crippen molar-refractivity contribution < 1.29 is 13.9 Å². The number of Topliss-reactive ketones (excluding diaryl/α,β-unsaturated/α-hetero) is 1. The summed E-state index contributed by atoms with van der Waals surface area (Å²) in [4.78, 5) is 12.2. The maximum Gasteiger partial charge on any atom is 0.167 e. The molecule has 0 bridgehead atoms. The van der Waals surface area contributed by atoms with E-state index in [9.17, 15) is 9.18 Å². The number of halogens is 2. The Kier molecular flexibility index (Phi) is 4.55. The van der Waals surface area contributed by atoms with Crippen LogP contribution in [-0.2, 0) is 6.42 Å². The zero-order valence-corrected chi connectivity index (χ0v) is 12.8. The number of hydrogen-bond donors (Lipinski definition) is 0. The predicted octanol–water partition coefficient (Wildman–Crippen LogP) is 4.33. The van der Waals surface area contributed by atoms with E-state index in [1.165, 1.54) is 12.1 Å². The quantitative estimate of drug-likeness (QED) is 0.776. The van der Waals surface area contributed by atoms with Gasteiger partial charge in [-0.2, -0.15) is 0 Å². The van der Waals surface area contributed by atoms with Crippen LogP contribution >= 0.6 is 15.9 Å². The molecule has 0 atom stereocenters. The van der Waals surface area contributed by atoms with Crippen LogP contribution in [0.4, 0.5) is 4.39 Å². The second-order valence-corrected chi connectivity index (χ2v) is 5.39. The molecule has 0 aliphatic carbocycles. The van der Waals surface area contributed by atoms with Gasteiger partial charge in [-0.3, -0.25) is 4.79 Å². The summed E-state index contributed by atoms with van der Waals surface area (Å²) in [5.74, 6) is 0.387. The molecular formula is C16H14BrFO2. The van der Waals surface area contributed by atoms with Crippen molar-refractivity contribution in [1.82, 2.24) is 0 Å². The molecule has 0 unspecified atom stereocenters. The molecule has 0 radical (unpaired) electrons. The van der Waals surface area contributed by atoms with Crippen LogP contribution in [0.3, 0.4) is 0 Å². The zero-order chi connectivity index (χ0) is 14.7. The van der Waals surface area contributed by atoms with Gasteiger partial charge in [0, 0.05) is 12.0 Å². The molecule has 0 aliphatic rings. The third kappa shape index (κ3) is 3.25. The smallest absolute Gasteiger partial charge is 0.167 e. The average molecular weight is 337 g/mol. The van der Waals surface area contributed by atoms with Crippen molar-refractivity contribution in [1.29, 1.82) is 0 Å². The maximum absolute atomic E-state index is 13.2. The van der Waals surface area contributed by atoms with Crippen LogP contribution in [0.25, 0.3) is 0 Å². The Bertz CT molecular complexity index is 653. The van der Waals surface area contributed by atoms with Crippen LogP contribution in [0.5, 0.6) is 5.75 Å². The number of ketones is 1. The first-order chi connectivity index (χ1) is 9.51. The molecule has 0 aliphatic heterocycles. The first kappa shape index (κ1) is 14.7. The van der Waals surface area contributed by atoms with E-state index in [4.69, 9.17) is 4.74 Å². The summed E-state index contributed by atoms with van der Waals surface area (Å²) in [6.07, 6.45) is 0.271. The molecule has 104 valence electrons. The molecule has 2 aromatic carbocycles. The summed E-state index contributed by atoms with van der Waals surface area (Å²) in [5, 5.41) is 0. The van der Waals surface area contributed by atoms with Gasteiger partial charge in [0.2, 0.25) is 0 Å². The maximum atomic E-state index is 13.2. The largest absolute Gasteiger partial charge is 0.496 e. The molecule has 0 saturated carbocycles. The topological polar surface area (TPSA) is 26.3 Å². The van der Waals surface area contributed by atoms with E-state index in [0.29, 0.717) is 11.1 Å². The van der Waals surface area contributed by atoms with E-state index in [-0.39, 0.29) is 18.0 Å². The van der Waals surface area contributed by atoms with Gasteiger partial charge >= 0.3 is 0 Å². The van der Waals surface area contributed by atoms with E-state index in [1.807, 2.05) is 18.2 Å². The van der Waals surface area contributed by atoms with Crippen molar-refractivity contribution in [2.45, 2.75) is 13.3 Å². The molecule has 0 N–H and O–H groups in total. The van der Waals surface area contributed by atoms with Gasteiger partial charge in [-0.05, 0) is 64.3 Å². The summed E-state index contributed by atoms with van der Waals surface area (Å²) in [7, 11) is 1.59. The summed E-state index contributed by atoms with van der Waals surface area (Å²) < 4.78 is 19.1. The van der Waals surface area contributed by atoms with Crippen LogP contribution in [0.1, 0.15) is 21.5 Å². The van der Waals surface area contributed by atoms with E-state index in [2.05, 4.69) is 15.9 Å². The molecule has 4 heteroatoms. The van der Waals surface area contributed by atoms with Crippen LogP contribution in [0.2, 0.25) is 0 Å². The number of carbonyl (C=O) groups excluding carboxylic acids is 1. The molecule has 0 heterocycles. The zero-order valence-electron chi connectivity index (χ0n) is 11.2. The van der Waals surface area contributed by atoms with E-state index in [0.717, 1.165) is 15.8 Å². The molecule has 0 spiro atoms. The molecule has 0 amide bonds. The normalized spacial score (nSPS) is 10.4. The predicted molar refractivity (Wildman–Crippen MR) is 79.9 cm³/mol. The number of benzene rings is 2. The van der Waals surface area contributed by atoms with E-state index < -0.39 is 0 Å². The van der Waals surface area contributed by atoms with E-state index in [1.54, 1.807) is 20.1 Å². The molecule has 20 heavy (non-hydrogen) atoms. The number of aryl methyl sites for hydroxylation is 1. The fourth-order valence-corrected chi connectivity index (χ4v) is 2.51. The van der Waals surface area contributed by atoms with Gasteiger partial charge in [0.15, 0.2) is 5.78 Å². The summed E-state index contributed by atoms with van der Waals surface area (Å²) in [5.41, 5.74) is 1.88. The monoisotopic (exact) mass is 336 g/mol. The summed E-state index contributed by atoms with van der Waals surface area (Å²) in [6.45, 7) is 1.65. The Morgan fingerprint density at radius 3 is 2.60 bits per heavy atom. The van der Waals surface area contributed by atoms with Gasteiger partial charge in [0.05, 0.1) is 11.6 Å². The first-order valence-corrected chi connectivity index (χ1v) is 6.92. The summed E-state index contributed by atoms with van der Waals surface area (Å²) >= 11 is 3.39. The minimum absolute atomic E-state index is 0.0369. The van der Waals surface area contributed by atoms with Crippen molar-refractivity contribution in [3.8, 4) is 5.75 Å². The van der Waals surface area contributed by atoms with Gasteiger partial charge in [-0.1, -0.05) is 6.07 Å². The lowest BCUT2D eigenvalue weighted by atomic mass is 10.0. The number of hydrogen-bond acceptors (Lipinski definition) is 2. The van der Waals surface area contributed by atoms with Crippen LogP contribution in [0, 0.1) is 12.7 Å². The molecule has 2 nitrogen and oxygen atoms in total. The lowest BCUT2D eigenvalue weighted by molar-refractivity contribution is 0.0993. The van der Waals surface area contributed by atoms with Crippen molar-refractivity contribution >= 4 is 21.7 Å². The molecule has 0 aromatic heterocycles. The summed E-state index contributed by atoms with van der Waals surface area (Å²) in [6, 6.07) is 9.93. The number of rotatable bonds is 4. The Labute approximate surface area is 125 Å². The number of ether oxygens (including phenoxy) is 1. The van der Waals surface area contributed by atoms with Crippen molar-refractivity contribution in [3.63, 3.8) is 0 Å². The highest BCUT2D eigenvalue weighted by atomic mass is 79.9. The fraction of sp³-hybridized carbons (Fsp3) is 0.188. The van der Waals surface area contributed by atoms with Crippen molar-refractivity contribution in [2.75, 3.05) is 7.11 Å². The molecule has 2 aromatic rings. The Balaban J connectivity index is 2.19. The average Bonchev–Trinajstić information content (AvgIpc) is 2.42. The van der Waals surface area contributed by atoms with E-state index >= 15 is 0 Å². The Morgan fingerprint density at radius 1 is 1.25 bits per heavy atom. The fourth-order valence-electron chi connectivity index (χ4n) is 1.93. The van der Waals surface area contributed by atoms with Crippen molar-refractivity contribution in [3.05, 3.63) is 63.4 Å². The molecule has 2 rings (SSSR count). The highest BCUT2D eigenvalue weighted by molar-refractivity contribution is 9.10. The minimum Gasteiger partial charge on any atom is -0.496 e. The van der Waals surface area contributed by atoms with Gasteiger partial charge < -0.3 is 4.74 Å². The third-order valence-electron chi connectivity index (χ3n) is 3.06. The molecular weight excluding hydrogens is 323 g/mol. The third-order valence-corrected chi connectivity index (χ3v) is 3.68. The van der Waals surface area contributed by atoms with Crippen LogP contribution in [0.15, 0.2) is 40.9 Å². The van der Waals surface area contributed by atoms with Crippen LogP contribution in [-0.4, -0.2) is 12.9 Å². The molecule has 0 saturated heterocycles. The Hall–Kier alpha value is -1.68. The van der Waals surface area contributed by atoms with Gasteiger partial charge in [-0.15, -0.1) is 0 Å². The first-order valence-electron chi connectivity index (χ1n) is 6.13. The van der Waals surface area contributed by atoms with Gasteiger partial charge in [-0.25, -0.2) is 4.39 Å². The second kappa shape index (κ2) is 6.18. The SMILES string of the molecule is COc1ccc(CC(=O)c2ccc(F)c(C)c2)cc1Br. The highest BCUT2D eigenvalue weighted by Gasteiger charge is 2.10. The standard InChI is InChI=1S/C16H14BrFO2/c1-10-7-12(4-5-14(10)18)15(19)9-11-3-6-16(20-2)13(17)8-11/h3-8H,9H2,1-2H3. The second-order valence-electron chi connectivity index (χ2n) is 4.53. The van der Waals surface area contributed by atoms with Gasteiger partial charge in [0.1, 0.15) is 11.6 Å². The lowest BCUT2D eigenvalue weighted by Crippen LogP contribution is -2.04. The van der Waals surface area contributed by atoms with Crippen LogP contribution < -0.4 is 4.74 Å². The van der Waals surface area contributed by atoms with Crippen molar-refractivity contribution in [2.24, 2.45) is 0 Å². The number of carbonyl (C=O) groups is 1. The minimum atomic E-state index is -0.297. The highest BCUT2D eigenvalue weighted by Crippen LogP contribution is 2.26.